The van der Waals surface area contributed by atoms with Gasteiger partial charge in [-0.15, -0.1) is 0 Å². The van der Waals surface area contributed by atoms with Crippen molar-refractivity contribution in [1.29, 1.82) is 0 Å². The van der Waals surface area contributed by atoms with Crippen LogP contribution >= 0.6 is 0 Å². The van der Waals surface area contributed by atoms with Crippen molar-refractivity contribution >= 4 is 5.97 Å². The first-order valence-electron chi connectivity index (χ1n) is 7.08. The second-order valence-corrected chi connectivity index (χ2v) is 5.51. The Morgan fingerprint density at radius 3 is 2.60 bits per heavy atom. The Kier molecular flexibility index (Phi) is 3.30. The van der Waals surface area contributed by atoms with Crippen LogP contribution in [0.3, 0.4) is 0 Å². The van der Waals surface area contributed by atoms with E-state index in [1.165, 1.54) is 6.42 Å². The molecular weight excluding hydrogens is 258 g/mol. The minimum atomic E-state index is -0.918. The molecule has 5 heteroatoms. The topological polar surface area (TPSA) is 81.8 Å². The molecule has 1 saturated carbocycles. The molecule has 20 heavy (non-hydrogen) atoms. The second kappa shape index (κ2) is 4.98. The lowest BCUT2D eigenvalue weighted by Gasteiger charge is -2.31. The van der Waals surface area contributed by atoms with Crippen molar-refractivity contribution in [2.75, 3.05) is 6.54 Å². The maximum absolute atomic E-state index is 11.2. The van der Waals surface area contributed by atoms with Crippen molar-refractivity contribution in [2.24, 2.45) is 5.73 Å². The van der Waals surface area contributed by atoms with Gasteiger partial charge in [-0.3, -0.25) is 4.79 Å². The molecular formula is C15H19NO4. The Labute approximate surface area is 117 Å². The zero-order chi connectivity index (χ0) is 14.2. The number of fused-ring (bicyclic) bond motifs is 1. The summed E-state index contributed by atoms with van der Waals surface area (Å²) in [7, 11) is 0. The Morgan fingerprint density at radius 2 is 1.95 bits per heavy atom. The number of benzene rings is 1. The van der Waals surface area contributed by atoms with Crippen LogP contribution in [0.5, 0.6) is 11.5 Å². The van der Waals surface area contributed by atoms with E-state index in [-0.39, 0.29) is 6.54 Å². The third-order valence-corrected chi connectivity index (χ3v) is 4.11. The van der Waals surface area contributed by atoms with Gasteiger partial charge < -0.3 is 20.3 Å². The molecule has 0 saturated heterocycles. The molecule has 0 bridgehead atoms. The highest BCUT2D eigenvalue weighted by molar-refractivity contribution is 5.76. The smallest absolute Gasteiger partial charge is 0.312 e. The quantitative estimate of drug-likeness (QED) is 0.885. The lowest BCUT2D eigenvalue weighted by Crippen LogP contribution is -2.40. The fraction of sp³-hybridized carbons (Fsp3) is 0.533. The summed E-state index contributed by atoms with van der Waals surface area (Å²) >= 11 is 0. The third-order valence-electron chi connectivity index (χ3n) is 4.11. The van der Waals surface area contributed by atoms with Crippen LogP contribution in [0, 0.1) is 0 Å². The van der Waals surface area contributed by atoms with Gasteiger partial charge in [-0.1, -0.05) is 12.5 Å². The number of carboxylic acid groups (broad SMARTS) is 1. The molecule has 1 fully saturated rings. The zero-order valence-corrected chi connectivity index (χ0v) is 11.3. The molecule has 2 aliphatic rings. The van der Waals surface area contributed by atoms with E-state index in [1.807, 2.05) is 0 Å². The van der Waals surface area contributed by atoms with Gasteiger partial charge in [0, 0.05) is 19.4 Å². The molecule has 3 N–H and O–H groups in total. The Morgan fingerprint density at radius 1 is 1.25 bits per heavy atom. The summed E-state index contributed by atoms with van der Waals surface area (Å²) in [5.41, 5.74) is 6.20. The molecule has 0 aromatic heterocycles. The van der Waals surface area contributed by atoms with Crippen LogP contribution in [0.15, 0.2) is 18.2 Å². The Bertz CT molecular complexity index is 523. The van der Waals surface area contributed by atoms with E-state index in [1.54, 1.807) is 18.2 Å². The monoisotopic (exact) mass is 277 g/mol. The van der Waals surface area contributed by atoms with Crippen molar-refractivity contribution in [1.82, 2.24) is 0 Å². The van der Waals surface area contributed by atoms with Crippen molar-refractivity contribution < 1.29 is 19.4 Å². The largest absolute Gasteiger partial charge is 0.481 e. The van der Waals surface area contributed by atoms with Gasteiger partial charge in [-0.25, -0.2) is 0 Å². The summed E-state index contributed by atoms with van der Waals surface area (Å²) in [5, 5.41) is 9.17. The van der Waals surface area contributed by atoms with Crippen LogP contribution in [0.1, 0.15) is 43.6 Å². The first-order valence-corrected chi connectivity index (χ1v) is 7.08. The van der Waals surface area contributed by atoms with Gasteiger partial charge in [-0.05, 0) is 30.5 Å². The fourth-order valence-corrected chi connectivity index (χ4v) is 3.00. The van der Waals surface area contributed by atoms with E-state index in [9.17, 15) is 4.79 Å². The van der Waals surface area contributed by atoms with Crippen LogP contribution in [-0.2, 0) is 4.79 Å². The maximum Gasteiger partial charge on any atom is 0.312 e. The molecule has 1 atom stereocenters. The number of carboxylic acids is 1. The van der Waals surface area contributed by atoms with Crippen molar-refractivity contribution in [3.05, 3.63) is 23.8 Å². The van der Waals surface area contributed by atoms with E-state index >= 15 is 0 Å². The van der Waals surface area contributed by atoms with E-state index in [2.05, 4.69) is 0 Å². The molecule has 3 rings (SSSR count). The summed E-state index contributed by atoms with van der Waals surface area (Å²) in [5.74, 6) is -0.799. The van der Waals surface area contributed by atoms with Crippen molar-refractivity contribution in [3.8, 4) is 11.5 Å². The van der Waals surface area contributed by atoms with E-state index in [0.717, 1.165) is 25.7 Å². The van der Waals surface area contributed by atoms with Gasteiger partial charge in [0.05, 0.1) is 5.92 Å². The molecule has 1 spiro atoms. The number of carbonyl (C=O) groups is 1. The average molecular weight is 277 g/mol. The number of aliphatic carboxylic acids is 1. The minimum Gasteiger partial charge on any atom is -0.481 e. The van der Waals surface area contributed by atoms with Crippen LogP contribution in [0.2, 0.25) is 0 Å². The normalized spacial score (nSPS) is 20.9. The highest BCUT2D eigenvalue weighted by Crippen LogP contribution is 2.46. The van der Waals surface area contributed by atoms with Gasteiger partial charge in [-0.2, -0.15) is 0 Å². The maximum atomic E-state index is 11.2. The first kappa shape index (κ1) is 13.2. The highest BCUT2D eigenvalue weighted by Gasteiger charge is 2.42. The molecule has 1 unspecified atom stereocenters. The molecule has 1 aromatic carbocycles. The molecule has 108 valence electrons. The number of ether oxygens (including phenoxy) is 2. The SMILES string of the molecule is NCC(C(=O)O)c1ccc2c(c1)OC1(CCCCC1)O2. The van der Waals surface area contributed by atoms with Crippen LogP contribution in [0.25, 0.3) is 0 Å². The van der Waals surface area contributed by atoms with E-state index in [0.29, 0.717) is 17.1 Å². The zero-order valence-electron chi connectivity index (χ0n) is 11.3. The second-order valence-electron chi connectivity index (χ2n) is 5.51. The minimum absolute atomic E-state index is 0.0696. The summed E-state index contributed by atoms with van der Waals surface area (Å²) in [4.78, 5) is 11.2. The lowest BCUT2D eigenvalue weighted by molar-refractivity contribution is -0.138. The third kappa shape index (κ3) is 2.22. The standard InChI is InChI=1S/C15H19NO4/c16-9-11(14(17)18)10-4-5-12-13(8-10)20-15(19-12)6-2-1-3-7-15/h4-5,8,11H,1-3,6-7,9,16H2,(H,17,18). The van der Waals surface area contributed by atoms with Crippen molar-refractivity contribution in [3.63, 3.8) is 0 Å². The number of rotatable bonds is 3. The molecule has 1 aromatic rings. The van der Waals surface area contributed by atoms with Crippen LogP contribution in [-0.4, -0.2) is 23.4 Å². The number of hydrogen-bond acceptors (Lipinski definition) is 4. The average Bonchev–Trinajstić information content (AvgIpc) is 2.76. The van der Waals surface area contributed by atoms with Gasteiger partial charge >= 0.3 is 5.97 Å². The number of hydrogen-bond donors (Lipinski definition) is 2. The lowest BCUT2D eigenvalue weighted by atomic mass is 9.94. The highest BCUT2D eigenvalue weighted by atomic mass is 16.7. The van der Waals surface area contributed by atoms with Crippen molar-refractivity contribution in [2.45, 2.75) is 43.8 Å². The molecule has 1 aliphatic heterocycles. The van der Waals surface area contributed by atoms with E-state index in [4.69, 9.17) is 20.3 Å². The van der Waals surface area contributed by atoms with Gasteiger partial charge in [0.25, 0.3) is 5.79 Å². The number of nitrogens with two attached hydrogens (primary N) is 1. The Hall–Kier alpha value is -1.75. The summed E-state index contributed by atoms with van der Waals surface area (Å²) in [6.45, 7) is 0.0696. The van der Waals surface area contributed by atoms with Gasteiger partial charge in [0.15, 0.2) is 11.5 Å². The van der Waals surface area contributed by atoms with Gasteiger partial charge in [0.1, 0.15) is 0 Å². The molecule has 0 radical (unpaired) electrons. The van der Waals surface area contributed by atoms with Gasteiger partial charge in [0.2, 0.25) is 0 Å². The van der Waals surface area contributed by atoms with E-state index < -0.39 is 17.7 Å². The van der Waals surface area contributed by atoms with Crippen LogP contribution in [0.4, 0.5) is 0 Å². The summed E-state index contributed by atoms with van der Waals surface area (Å²) in [6, 6.07) is 5.31. The molecule has 5 nitrogen and oxygen atoms in total. The first-order chi connectivity index (χ1) is 9.63. The predicted octanol–water partition coefficient (Wildman–Crippen LogP) is 2.25. The fourth-order valence-electron chi connectivity index (χ4n) is 3.00. The predicted molar refractivity (Wildman–Crippen MR) is 72.9 cm³/mol. The van der Waals surface area contributed by atoms with Crippen LogP contribution < -0.4 is 15.2 Å². The molecule has 0 amide bonds. The summed E-state index contributed by atoms with van der Waals surface area (Å²) < 4.78 is 12.0. The summed E-state index contributed by atoms with van der Waals surface area (Å²) in [6.07, 6.45) is 5.18. The molecule has 1 heterocycles. The molecule has 1 aliphatic carbocycles. The Balaban J connectivity index is 1.86.